The molecule has 0 unspecified atom stereocenters. The Morgan fingerprint density at radius 3 is 2.72 bits per heavy atom. The lowest BCUT2D eigenvalue weighted by Gasteiger charge is -2.03. The first-order valence-electron chi connectivity index (χ1n) is 5.57. The summed E-state index contributed by atoms with van der Waals surface area (Å²) < 4.78 is 17.6. The summed E-state index contributed by atoms with van der Waals surface area (Å²) in [6.45, 7) is 1.99. The van der Waals surface area contributed by atoms with Crippen LogP contribution in [0.3, 0.4) is 0 Å². The van der Waals surface area contributed by atoms with E-state index in [9.17, 15) is 9.18 Å². The summed E-state index contributed by atoms with van der Waals surface area (Å²) in [7, 11) is 0. The summed E-state index contributed by atoms with van der Waals surface area (Å²) in [5.74, 6) is 0.156. The van der Waals surface area contributed by atoms with Crippen molar-refractivity contribution in [3.8, 4) is 0 Å². The van der Waals surface area contributed by atoms with E-state index in [-0.39, 0.29) is 5.82 Å². The van der Waals surface area contributed by atoms with E-state index in [4.69, 9.17) is 10.5 Å². The highest BCUT2D eigenvalue weighted by Crippen LogP contribution is 2.18. The zero-order valence-electron chi connectivity index (χ0n) is 10.2. The second kappa shape index (κ2) is 7.76. The van der Waals surface area contributed by atoms with Crippen molar-refractivity contribution in [2.75, 3.05) is 12.4 Å². The number of carbonyl (C=O) groups is 1. The molecular weight excluding hydrogens is 253 g/mol. The molecule has 0 radical (unpaired) electrons. The molecule has 18 heavy (non-hydrogen) atoms. The predicted octanol–water partition coefficient (Wildman–Crippen LogP) is 2.71. The number of hydrogen-bond donors (Lipinski definition) is 1. The van der Waals surface area contributed by atoms with Gasteiger partial charge in [-0.1, -0.05) is 0 Å². The Kier molecular flexibility index (Phi) is 6.28. The molecule has 2 N–H and O–H groups in total. The first kappa shape index (κ1) is 14.6. The van der Waals surface area contributed by atoms with Crippen LogP contribution >= 0.6 is 11.8 Å². The number of carbonyl (C=O) groups excluding carboxylic acids is 1. The second-order valence-electron chi connectivity index (χ2n) is 3.71. The molecule has 0 amide bonds. The van der Waals surface area contributed by atoms with Crippen LogP contribution in [0, 0.1) is 5.82 Å². The van der Waals surface area contributed by atoms with Crippen molar-refractivity contribution in [2.24, 2.45) is 5.73 Å². The van der Waals surface area contributed by atoms with Crippen LogP contribution in [-0.4, -0.2) is 18.3 Å². The minimum Gasteiger partial charge on any atom is -0.462 e. The van der Waals surface area contributed by atoms with E-state index in [0.29, 0.717) is 12.3 Å². The van der Waals surface area contributed by atoms with Crippen molar-refractivity contribution in [1.29, 1.82) is 0 Å². The quantitative estimate of drug-likeness (QED) is 0.373. The molecular formula is C13H16FNO2S. The number of rotatable bonds is 6. The van der Waals surface area contributed by atoms with Gasteiger partial charge in [0.25, 0.3) is 0 Å². The highest BCUT2D eigenvalue weighted by Gasteiger charge is 1.99. The van der Waals surface area contributed by atoms with Crippen LogP contribution < -0.4 is 5.73 Å². The maximum absolute atomic E-state index is 12.6. The van der Waals surface area contributed by atoms with Crippen LogP contribution in [0.15, 0.2) is 40.9 Å². The van der Waals surface area contributed by atoms with E-state index in [2.05, 4.69) is 0 Å². The zero-order chi connectivity index (χ0) is 13.4. The fraction of sp³-hybridized carbons (Fsp3) is 0.308. The summed E-state index contributed by atoms with van der Waals surface area (Å²) in [5.41, 5.74) is 5.77. The first-order valence-corrected chi connectivity index (χ1v) is 6.55. The number of hydrogen-bond acceptors (Lipinski definition) is 4. The topological polar surface area (TPSA) is 52.3 Å². The molecule has 0 aliphatic heterocycles. The third-order valence-corrected chi connectivity index (χ3v) is 3.06. The number of ether oxygens (including phenoxy) is 1. The Morgan fingerprint density at radius 1 is 1.44 bits per heavy atom. The van der Waals surface area contributed by atoms with Gasteiger partial charge in [-0.2, -0.15) is 0 Å². The molecule has 1 rings (SSSR count). The van der Waals surface area contributed by atoms with Gasteiger partial charge >= 0.3 is 5.97 Å². The van der Waals surface area contributed by atoms with Crippen LogP contribution in [0.4, 0.5) is 4.39 Å². The molecule has 1 aromatic rings. The maximum atomic E-state index is 12.6. The summed E-state index contributed by atoms with van der Waals surface area (Å²) in [6, 6.07) is 6.31. The van der Waals surface area contributed by atoms with Gasteiger partial charge in [0.1, 0.15) is 5.82 Å². The fourth-order valence-corrected chi connectivity index (χ4v) is 2.01. The molecule has 1 aromatic carbocycles. The summed E-state index contributed by atoms with van der Waals surface area (Å²) in [4.78, 5) is 12.1. The highest BCUT2D eigenvalue weighted by molar-refractivity contribution is 7.99. The standard InChI is InChI=1S/C13H16FNO2S/c1-10(15)9-13(16)17-7-2-8-18-12-5-3-11(14)4-6-12/h3-6,9H,2,7-8,15H2,1H3/b10-9-. The van der Waals surface area contributed by atoms with E-state index >= 15 is 0 Å². The van der Waals surface area contributed by atoms with Crippen molar-refractivity contribution in [2.45, 2.75) is 18.2 Å². The molecule has 3 nitrogen and oxygen atoms in total. The number of halogens is 1. The minimum atomic E-state index is -0.415. The molecule has 0 atom stereocenters. The normalized spacial score (nSPS) is 11.3. The molecule has 0 saturated heterocycles. The molecule has 98 valence electrons. The molecule has 0 aliphatic rings. The van der Waals surface area contributed by atoms with Gasteiger partial charge in [0.15, 0.2) is 0 Å². The fourth-order valence-electron chi connectivity index (χ4n) is 1.18. The van der Waals surface area contributed by atoms with Gasteiger partial charge in [-0.3, -0.25) is 0 Å². The van der Waals surface area contributed by atoms with E-state index in [1.165, 1.54) is 18.2 Å². The van der Waals surface area contributed by atoms with Crippen molar-refractivity contribution >= 4 is 17.7 Å². The van der Waals surface area contributed by atoms with E-state index < -0.39 is 5.97 Å². The van der Waals surface area contributed by atoms with Gasteiger partial charge in [0.05, 0.1) is 6.61 Å². The number of nitrogens with two attached hydrogens (primary N) is 1. The third-order valence-electron chi connectivity index (χ3n) is 1.96. The van der Waals surface area contributed by atoms with Crippen LogP contribution in [-0.2, 0) is 9.53 Å². The Hall–Kier alpha value is -1.49. The van der Waals surface area contributed by atoms with Gasteiger partial charge in [0.2, 0.25) is 0 Å². The molecule has 0 saturated carbocycles. The third kappa shape index (κ3) is 6.30. The van der Waals surface area contributed by atoms with Crippen molar-refractivity contribution in [3.05, 3.63) is 41.9 Å². The second-order valence-corrected chi connectivity index (χ2v) is 4.88. The average Bonchev–Trinajstić information content (AvgIpc) is 2.30. The summed E-state index contributed by atoms with van der Waals surface area (Å²) >= 11 is 1.60. The molecule has 0 bridgehead atoms. The van der Waals surface area contributed by atoms with Gasteiger partial charge in [0, 0.05) is 22.4 Å². The molecule has 0 spiro atoms. The van der Waals surface area contributed by atoms with Gasteiger partial charge in [-0.25, -0.2) is 9.18 Å². The van der Waals surface area contributed by atoms with E-state index in [1.807, 2.05) is 0 Å². The zero-order valence-corrected chi connectivity index (χ0v) is 11.0. The summed E-state index contributed by atoms with van der Waals surface area (Å²) in [6.07, 6.45) is 2.00. The predicted molar refractivity (Wildman–Crippen MR) is 70.6 cm³/mol. The van der Waals surface area contributed by atoms with Crippen LogP contribution in [0.1, 0.15) is 13.3 Å². The van der Waals surface area contributed by atoms with Gasteiger partial charge in [-0.05, 0) is 37.6 Å². The number of thioether (sulfide) groups is 1. The molecule has 5 heteroatoms. The Labute approximate surface area is 110 Å². The molecule has 0 fully saturated rings. The highest BCUT2D eigenvalue weighted by atomic mass is 32.2. The summed E-state index contributed by atoms with van der Waals surface area (Å²) in [5, 5.41) is 0. The van der Waals surface area contributed by atoms with E-state index in [1.54, 1.807) is 30.8 Å². The van der Waals surface area contributed by atoms with Crippen molar-refractivity contribution in [3.63, 3.8) is 0 Å². The maximum Gasteiger partial charge on any atom is 0.332 e. The van der Waals surface area contributed by atoms with Gasteiger partial charge < -0.3 is 10.5 Å². The lowest BCUT2D eigenvalue weighted by Crippen LogP contribution is -2.06. The Morgan fingerprint density at radius 2 is 2.11 bits per heavy atom. The van der Waals surface area contributed by atoms with E-state index in [0.717, 1.165) is 17.1 Å². The SMILES string of the molecule is C/C(N)=C/C(=O)OCCCSc1ccc(F)cc1. The van der Waals surface area contributed by atoms with Crippen molar-refractivity contribution in [1.82, 2.24) is 0 Å². The lowest BCUT2D eigenvalue weighted by atomic mass is 10.4. The van der Waals surface area contributed by atoms with Crippen LogP contribution in [0.25, 0.3) is 0 Å². The molecule has 0 aliphatic carbocycles. The number of benzene rings is 1. The molecule has 0 heterocycles. The first-order chi connectivity index (χ1) is 8.58. The average molecular weight is 269 g/mol. The number of esters is 1. The Bertz CT molecular complexity index is 414. The van der Waals surface area contributed by atoms with Crippen molar-refractivity contribution < 1.29 is 13.9 Å². The minimum absolute atomic E-state index is 0.239. The van der Waals surface area contributed by atoms with Gasteiger partial charge in [-0.15, -0.1) is 11.8 Å². The number of allylic oxidation sites excluding steroid dienone is 1. The molecule has 0 aromatic heterocycles. The lowest BCUT2D eigenvalue weighted by molar-refractivity contribution is -0.137. The van der Waals surface area contributed by atoms with Crippen LogP contribution in [0.5, 0.6) is 0 Å². The smallest absolute Gasteiger partial charge is 0.332 e. The van der Waals surface area contributed by atoms with Crippen LogP contribution in [0.2, 0.25) is 0 Å². The Balaban J connectivity index is 2.14. The monoisotopic (exact) mass is 269 g/mol. The largest absolute Gasteiger partial charge is 0.462 e.